The molecule has 90 valence electrons. The highest BCUT2D eigenvalue weighted by Crippen LogP contribution is 2.16. The first-order chi connectivity index (χ1) is 7.16. The lowest BCUT2D eigenvalue weighted by Crippen LogP contribution is -2.53. The fraction of sp³-hybridized carbons (Fsp3) is 1.00. The molecule has 0 saturated carbocycles. The van der Waals surface area contributed by atoms with Gasteiger partial charge in [0.15, 0.2) is 0 Å². The summed E-state index contributed by atoms with van der Waals surface area (Å²) in [5.41, 5.74) is 0. The predicted octanol–water partition coefficient (Wildman–Crippen LogP) is 0.493. The number of aliphatic hydroxyl groups is 1. The smallest absolute Gasteiger partial charge is 0.0739 e. The highest BCUT2D eigenvalue weighted by molar-refractivity contribution is 4.83. The van der Waals surface area contributed by atoms with Crippen LogP contribution in [0.25, 0.3) is 0 Å². The second-order valence-electron chi connectivity index (χ2n) is 4.32. The number of methoxy groups -OCH3 is 1. The molecule has 0 aromatic carbocycles. The van der Waals surface area contributed by atoms with Crippen molar-refractivity contribution >= 4 is 0 Å². The molecule has 1 N–H and O–H groups in total. The maximum atomic E-state index is 9.93. The van der Waals surface area contributed by atoms with Gasteiger partial charge in [0.05, 0.1) is 25.4 Å². The molecule has 1 rings (SSSR count). The first kappa shape index (κ1) is 12.9. The molecule has 2 atom stereocenters. The van der Waals surface area contributed by atoms with E-state index in [2.05, 4.69) is 18.7 Å². The number of hydrogen-bond donors (Lipinski definition) is 1. The molecule has 1 heterocycles. The third-order valence-corrected chi connectivity index (χ3v) is 2.93. The van der Waals surface area contributed by atoms with Gasteiger partial charge in [-0.05, 0) is 20.3 Å². The lowest BCUT2D eigenvalue weighted by Gasteiger charge is -2.39. The van der Waals surface area contributed by atoms with Crippen molar-refractivity contribution in [1.29, 1.82) is 0 Å². The number of rotatable bonds is 5. The Balaban J connectivity index is 2.52. The summed E-state index contributed by atoms with van der Waals surface area (Å²) < 4.78 is 10.5. The van der Waals surface area contributed by atoms with Crippen LogP contribution in [0, 0.1) is 0 Å². The highest BCUT2D eigenvalue weighted by Gasteiger charge is 2.30. The Morgan fingerprint density at radius 1 is 1.53 bits per heavy atom. The summed E-state index contributed by atoms with van der Waals surface area (Å²) in [6, 6.07) is 0.524. The van der Waals surface area contributed by atoms with E-state index in [0.717, 1.165) is 13.0 Å². The van der Waals surface area contributed by atoms with Crippen molar-refractivity contribution in [3.8, 4) is 0 Å². The maximum absolute atomic E-state index is 9.93. The Morgan fingerprint density at radius 2 is 2.27 bits per heavy atom. The fourth-order valence-electron chi connectivity index (χ4n) is 2.03. The minimum atomic E-state index is -0.266. The van der Waals surface area contributed by atoms with Gasteiger partial charge in [-0.1, -0.05) is 0 Å². The Morgan fingerprint density at radius 3 is 2.80 bits per heavy atom. The van der Waals surface area contributed by atoms with Gasteiger partial charge in [-0.15, -0.1) is 0 Å². The van der Waals surface area contributed by atoms with E-state index in [1.165, 1.54) is 0 Å². The summed E-state index contributed by atoms with van der Waals surface area (Å²) in [7, 11) is 1.70. The molecule has 0 aromatic rings. The topological polar surface area (TPSA) is 41.9 Å². The fourth-order valence-corrected chi connectivity index (χ4v) is 2.03. The molecule has 0 radical (unpaired) electrons. The van der Waals surface area contributed by atoms with Crippen LogP contribution < -0.4 is 0 Å². The van der Waals surface area contributed by atoms with Crippen molar-refractivity contribution in [2.45, 2.75) is 38.5 Å². The molecule has 0 spiro atoms. The minimum absolute atomic E-state index is 0.119. The predicted molar refractivity (Wildman–Crippen MR) is 58.9 cm³/mol. The largest absolute Gasteiger partial charge is 0.391 e. The molecule has 0 aliphatic carbocycles. The van der Waals surface area contributed by atoms with Gasteiger partial charge in [0.2, 0.25) is 0 Å². The molecule has 4 heteroatoms. The van der Waals surface area contributed by atoms with E-state index in [0.29, 0.717) is 25.9 Å². The molecule has 1 aliphatic heterocycles. The molecule has 0 aromatic heterocycles. The van der Waals surface area contributed by atoms with Crippen LogP contribution in [0.2, 0.25) is 0 Å². The Bertz CT molecular complexity index is 175. The zero-order valence-electron chi connectivity index (χ0n) is 9.98. The molecule has 1 aliphatic rings. The van der Waals surface area contributed by atoms with Crippen molar-refractivity contribution in [3.63, 3.8) is 0 Å². The Hall–Kier alpha value is -0.160. The van der Waals surface area contributed by atoms with E-state index in [-0.39, 0.29) is 12.1 Å². The average Bonchev–Trinajstić information content (AvgIpc) is 2.20. The van der Waals surface area contributed by atoms with Crippen molar-refractivity contribution in [1.82, 2.24) is 4.90 Å². The maximum Gasteiger partial charge on any atom is 0.0739 e. The quantitative estimate of drug-likeness (QED) is 0.728. The molecule has 1 fully saturated rings. The van der Waals surface area contributed by atoms with Gasteiger partial charge in [0.1, 0.15) is 0 Å². The van der Waals surface area contributed by atoms with Gasteiger partial charge in [0.25, 0.3) is 0 Å². The van der Waals surface area contributed by atoms with Crippen LogP contribution in [-0.2, 0) is 9.47 Å². The van der Waals surface area contributed by atoms with E-state index in [9.17, 15) is 5.11 Å². The summed E-state index contributed by atoms with van der Waals surface area (Å²) in [4.78, 5) is 2.26. The van der Waals surface area contributed by atoms with Crippen LogP contribution in [0.4, 0.5) is 0 Å². The number of hydrogen-bond acceptors (Lipinski definition) is 4. The van der Waals surface area contributed by atoms with Gasteiger partial charge in [-0.2, -0.15) is 0 Å². The van der Waals surface area contributed by atoms with Gasteiger partial charge >= 0.3 is 0 Å². The molecule has 1 saturated heterocycles. The van der Waals surface area contributed by atoms with Crippen LogP contribution in [-0.4, -0.2) is 61.7 Å². The van der Waals surface area contributed by atoms with Crippen LogP contribution >= 0.6 is 0 Å². The summed E-state index contributed by atoms with van der Waals surface area (Å²) in [6.07, 6.45) is 0.471. The first-order valence-corrected chi connectivity index (χ1v) is 5.67. The molecular formula is C11H23NO3. The summed E-state index contributed by atoms with van der Waals surface area (Å²) in [5, 5.41) is 9.93. The lowest BCUT2D eigenvalue weighted by molar-refractivity contribution is -0.0741. The molecular weight excluding hydrogens is 194 g/mol. The third-order valence-electron chi connectivity index (χ3n) is 2.93. The van der Waals surface area contributed by atoms with Gasteiger partial charge in [0, 0.05) is 26.3 Å². The number of ether oxygens (including phenoxy) is 2. The SMILES string of the molecule is COCCN(C(C)C)C1COCCC1O. The van der Waals surface area contributed by atoms with Crippen molar-refractivity contribution in [2.75, 3.05) is 33.5 Å². The molecule has 0 bridgehead atoms. The Labute approximate surface area is 92.2 Å². The standard InChI is InChI=1S/C11H23NO3/c1-9(2)12(5-7-14-3)10-8-15-6-4-11(10)13/h9-11,13H,4-8H2,1-3H3. The molecule has 0 amide bonds. The zero-order chi connectivity index (χ0) is 11.3. The van der Waals surface area contributed by atoms with Gasteiger partial charge in [-0.25, -0.2) is 0 Å². The number of nitrogens with zero attached hydrogens (tertiary/aromatic N) is 1. The molecule has 2 unspecified atom stereocenters. The average molecular weight is 217 g/mol. The van der Waals surface area contributed by atoms with Crippen molar-refractivity contribution in [3.05, 3.63) is 0 Å². The minimum Gasteiger partial charge on any atom is -0.391 e. The van der Waals surface area contributed by atoms with Gasteiger partial charge in [-0.3, -0.25) is 4.90 Å². The van der Waals surface area contributed by atoms with Crippen molar-refractivity contribution in [2.24, 2.45) is 0 Å². The summed E-state index contributed by atoms with van der Waals surface area (Å²) >= 11 is 0. The lowest BCUT2D eigenvalue weighted by atomic mass is 10.0. The summed E-state index contributed by atoms with van der Waals surface area (Å²) in [6.45, 7) is 7.12. The monoisotopic (exact) mass is 217 g/mol. The van der Waals surface area contributed by atoms with Crippen molar-refractivity contribution < 1.29 is 14.6 Å². The van der Waals surface area contributed by atoms with E-state index in [1.807, 2.05) is 0 Å². The Kier molecular flexibility index (Phi) is 5.53. The molecule has 15 heavy (non-hydrogen) atoms. The van der Waals surface area contributed by atoms with Crippen LogP contribution in [0.1, 0.15) is 20.3 Å². The van der Waals surface area contributed by atoms with Crippen LogP contribution in [0.15, 0.2) is 0 Å². The van der Waals surface area contributed by atoms with E-state index in [4.69, 9.17) is 9.47 Å². The van der Waals surface area contributed by atoms with E-state index < -0.39 is 0 Å². The second-order valence-corrected chi connectivity index (χ2v) is 4.32. The van der Waals surface area contributed by atoms with E-state index in [1.54, 1.807) is 7.11 Å². The van der Waals surface area contributed by atoms with Crippen LogP contribution in [0.3, 0.4) is 0 Å². The third kappa shape index (κ3) is 3.72. The highest BCUT2D eigenvalue weighted by atomic mass is 16.5. The first-order valence-electron chi connectivity index (χ1n) is 5.67. The van der Waals surface area contributed by atoms with Crippen LogP contribution in [0.5, 0.6) is 0 Å². The zero-order valence-corrected chi connectivity index (χ0v) is 9.98. The number of aliphatic hydroxyl groups excluding tert-OH is 1. The molecule has 4 nitrogen and oxygen atoms in total. The van der Waals surface area contributed by atoms with Gasteiger partial charge < -0.3 is 14.6 Å². The second kappa shape index (κ2) is 6.43. The van der Waals surface area contributed by atoms with E-state index >= 15 is 0 Å². The normalized spacial score (nSPS) is 27.6. The summed E-state index contributed by atoms with van der Waals surface area (Å²) in [5.74, 6) is 0.